The monoisotopic (exact) mass is 288 g/mol. The second kappa shape index (κ2) is 7.81. The van der Waals surface area contributed by atoms with Gasteiger partial charge in [0.2, 0.25) is 0 Å². The van der Waals surface area contributed by atoms with E-state index in [9.17, 15) is 0 Å². The van der Waals surface area contributed by atoms with Crippen molar-refractivity contribution in [2.45, 2.75) is 38.1 Å². The number of benzene rings is 1. The molecule has 0 aromatic heterocycles. The lowest BCUT2D eigenvalue weighted by atomic mass is 9.88. The molecule has 0 aliphatic carbocycles. The molecule has 2 fully saturated rings. The van der Waals surface area contributed by atoms with Crippen LogP contribution in [-0.4, -0.2) is 43.7 Å². The summed E-state index contributed by atoms with van der Waals surface area (Å²) in [5.41, 5.74) is 0. The van der Waals surface area contributed by atoms with E-state index in [1.165, 1.54) is 51.9 Å². The molecule has 1 atom stereocenters. The van der Waals surface area contributed by atoms with Gasteiger partial charge in [-0.2, -0.15) is 0 Å². The molecule has 1 aromatic carbocycles. The highest BCUT2D eigenvalue weighted by molar-refractivity contribution is 5.20. The third kappa shape index (κ3) is 4.45. The molecular formula is C18H28N2O. The van der Waals surface area contributed by atoms with Gasteiger partial charge < -0.3 is 15.0 Å². The van der Waals surface area contributed by atoms with E-state index in [0.717, 1.165) is 30.7 Å². The molecule has 1 N–H and O–H groups in total. The number of piperidine rings is 1. The first kappa shape index (κ1) is 14.9. The smallest absolute Gasteiger partial charge is 0.119 e. The van der Waals surface area contributed by atoms with Crippen LogP contribution in [-0.2, 0) is 0 Å². The maximum Gasteiger partial charge on any atom is 0.119 e. The van der Waals surface area contributed by atoms with Crippen molar-refractivity contribution in [1.82, 2.24) is 10.2 Å². The number of likely N-dealkylation sites (tertiary alicyclic amines) is 1. The van der Waals surface area contributed by atoms with E-state index in [0.29, 0.717) is 0 Å². The molecule has 2 aliphatic rings. The van der Waals surface area contributed by atoms with E-state index < -0.39 is 0 Å². The van der Waals surface area contributed by atoms with Crippen LogP contribution in [0.4, 0.5) is 0 Å². The Bertz CT molecular complexity index is 395. The molecule has 2 saturated heterocycles. The van der Waals surface area contributed by atoms with Crippen LogP contribution < -0.4 is 10.1 Å². The Hall–Kier alpha value is -1.06. The van der Waals surface area contributed by atoms with Crippen LogP contribution in [0.5, 0.6) is 5.75 Å². The summed E-state index contributed by atoms with van der Waals surface area (Å²) in [4.78, 5) is 2.61. The molecule has 0 bridgehead atoms. The van der Waals surface area contributed by atoms with Gasteiger partial charge in [0.15, 0.2) is 0 Å². The zero-order chi connectivity index (χ0) is 14.3. The fraction of sp³-hybridized carbons (Fsp3) is 0.667. The minimum absolute atomic E-state index is 0.813. The summed E-state index contributed by atoms with van der Waals surface area (Å²) in [6.07, 6.45) is 6.65. The van der Waals surface area contributed by atoms with Crippen LogP contribution in [0.2, 0.25) is 0 Å². The molecule has 3 rings (SSSR count). The van der Waals surface area contributed by atoms with Crippen LogP contribution in [0.3, 0.4) is 0 Å². The highest BCUT2D eigenvalue weighted by atomic mass is 16.5. The summed E-state index contributed by atoms with van der Waals surface area (Å²) in [5, 5.41) is 3.67. The van der Waals surface area contributed by atoms with Gasteiger partial charge in [-0.05, 0) is 69.8 Å². The highest BCUT2D eigenvalue weighted by Crippen LogP contribution is 2.25. The van der Waals surface area contributed by atoms with Crippen molar-refractivity contribution in [1.29, 1.82) is 0 Å². The number of hydrogen-bond donors (Lipinski definition) is 1. The van der Waals surface area contributed by atoms with Gasteiger partial charge in [-0.3, -0.25) is 0 Å². The Kier molecular flexibility index (Phi) is 5.53. The first-order valence-electron chi connectivity index (χ1n) is 8.55. The lowest BCUT2D eigenvalue weighted by Gasteiger charge is -2.34. The lowest BCUT2D eigenvalue weighted by molar-refractivity contribution is 0.154. The van der Waals surface area contributed by atoms with Gasteiger partial charge in [-0.15, -0.1) is 0 Å². The number of hydrogen-bond acceptors (Lipinski definition) is 3. The van der Waals surface area contributed by atoms with Crippen molar-refractivity contribution in [2.24, 2.45) is 5.92 Å². The quantitative estimate of drug-likeness (QED) is 0.815. The number of para-hydroxylation sites is 1. The summed E-state index contributed by atoms with van der Waals surface area (Å²) in [5.74, 6) is 1.91. The van der Waals surface area contributed by atoms with Crippen molar-refractivity contribution >= 4 is 0 Å². The Morgan fingerprint density at radius 1 is 1.10 bits per heavy atom. The van der Waals surface area contributed by atoms with E-state index in [4.69, 9.17) is 4.74 Å². The fourth-order valence-electron chi connectivity index (χ4n) is 3.69. The van der Waals surface area contributed by atoms with Crippen LogP contribution >= 0.6 is 0 Å². The molecule has 0 radical (unpaired) electrons. The van der Waals surface area contributed by atoms with Crippen molar-refractivity contribution in [2.75, 3.05) is 32.8 Å². The molecular weight excluding hydrogens is 260 g/mol. The molecule has 1 unspecified atom stereocenters. The second-order valence-electron chi connectivity index (χ2n) is 6.40. The van der Waals surface area contributed by atoms with Crippen molar-refractivity contribution in [3.8, 4) is 5.75 Å². The third-order valence-corrected chi connectivity index (χ3v) is 4.93. The number of nitrogens with one attached hydrogen (secondary N) is 1. The molecule has 0 spiro atoms. The number of ether oxygens (including phenoxy) is 1. The zero-order valence-corrected chi connectivity index (χ0v) is 13.0. The van der Waals surface area contributed by atoms with Crippen LogP contribution in [0.25, 0.3) is 0 Å². The van der Waals surface area contributed by atoms with Crippen LogP contribution in [0.15, 0.2) is 30.3 Å². The molecule has 0 amide bonds. The van der Waals surface area contributed by atoms with Gasteiger partial charge in [0.1, 0.15) is 5.75 Å². The fourth-order valence-corrected chi connectivity index (χ4v) is 3.69. The summed E-state index contributed by atoms with van der Waals surface area (Å²) in [6, 6.07) is 10.9. The van der Waals surface area contributed by atoms with E-state index in [-0.39, 0.29) is 0 Å². The molecule has 21 heavy (non-hydrogen) atoms. The number of nitrogens with zero attached hydrogens (tertiary/aromatic N) is 1. The topological polar surface area (TPSA) is 24.5 Å². The van der Waals surface area contributed by atoms with Gasteiger partial charge in [0, 0.05) is 12.6 Å². The van der Waals surface area contributed by atoms with E-state index in [1.807, 2.05) is 30.3 Å². The molecule has 2 heterocycles. The first-order valence-corrected chi connectivity index (χ1v) is 8.55. The Balaban J connectivity index is 1.29. The third-order valence-electron chi connectivity index (χ3n) is 4.93. The summed E-state index contributed by atoms with van der Waals surface area (Å²) in [6.45, 7) is 5.79. The maximum atomic E-state index is 5.76. The first-order chi connectivity index (χ1) is 10.4. The predicted octanol–water partition coefficient (Wildman–Crippen LogP) is 2.92. The van der Waals surface area contributed by atoms with Gasteiger partial charge in [0.05, 0.1) is 6.61 Å². The molecule has 3 heteroatoms. The van der Waals surface area contributed by atoms with E-state index in [2.05, 4.69) is 10.2 Å². The van der Waals surface area contributed by atoms with Gasteiger partial charge in [-0.1, -0.05) is 18.2 Å². The largest absolute Gasteiger partial charge is 0.494 e. The van der Waals surface area contributed by atoms with Crippen molar-refractivity contribution < 1.29 is 4.74 Å². The Morgan fingerprint density at radius 3 is 2.62 bits per heavy atom. The summed E-state index contributed by atoms with van der Waals surface area (Å²) in [7, 11) is 0. The van der Waals surface area contributed by atoms with Gasteiger partial charge >= 0.3 is 0 Å². The van der Waals surface area contributed by atoms with E-state index in [1.54, 1.807) is 0 Å². The van der Waals surface area contributed by atoms with Crippen LogP contribution in [0.1, 0.15) is 32.1 Å². The second-order valence-corrected chi connectivity index (χ2v) is 6.40. The maximum absolute atomic E-state index is 5.76. The summed E-state index contributed by atoms with van der Waals surface area (Å²) < 4.78 is 5.76. The highest BCUT2D eigenvalue weighted by Gasteiger charge is 2.27. The predicted molar refractivity (Wildman–Crippen MR) is 86.7 cm³/mol. The average Bonchev–Trinajstić information content (AvgIpc) is 3.08. The van der Waals surface area contributed by atoms with E-state index >= 15 is 0 Å². The Morgan fingerprint density at radius 2 is 1.90 bits per heavy atom. The average molecular weight is 288 g/mol. The molecule has 116 valence electrons. The van der Waals surface area contributed by atoms with Crippen LogP contribution in [0, 0.1) is 5.92 Å². The summed E-state index contributed by atoms with van der Waals surface area (Å²) >= 11 is 0. The normalized spacial score (nSPS) is 24.3. The molecule has 1 aromatic rings. The Labute approximate surface area is 128 Å². The zero-order valence-electron chi connectivity index (χ0n) is 13.0. The van der Waals surface area contributed by atoms with Crippen molar-refractivity contribution in [3.63, 3.8) is 0 Å². The molecule has 0 saturated carbocycles. The SMILES string of the molecule is c1ccc(OCCCN2CCC(C3CCCN3)CC2)cc1. The van der Waals surface area contributed by atoms with Crippen molar-refractivity contribution in [3.05, 3.63) is 30.3 Å². The van der Waals surface area contributed by atoms with Gasteiger partial charge in [-0.25, -0.2) is 0 Å². The minimum Gasteiger partial charge on any atom is -0.494 e. The molecule has 2 aliphatic heterocycles. The molecule has 3 nitrogen and oxygen atoms in total. The lowest BCUT2D eigenvalue weighted by Crippen LogP contribution is -2.41. The van der Waals surface area contributed by atoms with Gasteiger partial charge in [0.25, 0.3) is 0 Å². The standard InChI is InChI=1S/C18H28N2O/c1-2-6-17(7-3-1)21-15-5-12-20-13-9-16(10-14-20)18-8-4-11-19-18/h1-3,6-7,16,18-19H,4-5,8-15H2. The number of rotatable bonds is 6. The minimum atomic E-state index is 0.813.